The van der Waals surface area contributed by atoms with Crippen molar-refractivity contribution in [3.05, 3.63) is 47.4 Å². The Bertz CT molecular complexity index is 1040. The molecule has 0 unspecified atom stereocenters. The summed E-state index contributed by atoms with van der Waals surface area (Å²) in [7, 11) is 0. The summed E-state index contributed by atoms with van der Waals surface area (Å²) >= 11 is 0. The molecular weight excluding hydrogens is 276 g/mol. The summed E-state index contributed by atoms with van der Waals surface area (Å²) in [5, 5.41) is 8.06. The molecule has 5 rings (SSSR count). The maximum Gasteiger partial charge on any atom is 0.179 e. The molecule has 0 bridgehead atoms. The van der Waals surface area contributed by atoms with Crippen molar-refractivity contribution in [3.63, 3.8) is 0 Å². The lowest BCUT2D eigenvalue weighted by atomic mass is 10.2. The highest BCUT2D eigenvalue weighted by atomic mass is 15.0. The van der Waals surface area contributed by atoms with E-state index in [-0.39, 0.29) is 0 Å². The Labute approximate surface area is 124 Å². The molecule has 2 aliphatic heterocycles. The minimum absolute atomic E-state index is 0.622. The van der Waals surface area contributed by atoms with Crippen LogP contribution in [0.25, 0.3) is 34.5 Å². The second kappa shape index (κ2) is 4.11. The normalized spacial score (nSPS) is 14.5. The van der Waals surface area contributed by atoms with Gasteiger partial charge >= 0.3 is 0 Å². The van der Waals surface area contributed by atoms with Gasteiger partial charge in [0.1, 0.15) is 11.0 Å². The Morgan fingerprint density at radius 3 is 1.64 bits per heavy atom. The highest BCUT2D eigenvalue weighted by Gasteiger charge is 2.09. The van der Waals surface area contributed by atoms with E-state index in [0.717, 1.165) is 33.1 Å². The van der Waals surface area contributed by atoms with E-state index in [4.69, 9.17) is 0 Å². The predicted octanol–water partition coefficient (Wildman–Crippen LogP) is 1.01. The van der Waals surface area contributed by atoms with Crippen molar-refractivity contribution in [3.8, 4) is 0 Å². The molecule has 2 aliphatic rings. The topological polar surface area (TPSA) is 75.6 Å². The fourth-order valence-electron chi connectivity index (χ4n) is 2.61. The molecule has 104 valence electrons. The first-order chi connectivity index (χ1) is 10.9. The maximum atomic E-state index is 4.61. The minimum Gasteiger partial charge on any atom is -0.360 e. The first-order valence-electron chi connectivity index (χ1n) is 6.93. The Morgan fingerprint density at radius 1 is 0.636 bits per heavy atom. The minimum atomic E-state index is 0.622. The van der Waals surface area contributed by atoms with Crippen LogP contribution in [0.2, 0.25) is 0 Å². The summed E-state index contributed by atoms with van der Waals surface area (Å²) in [6.07, 6.45) is 11.5. The smallest absolute Gasteiger partial charge is 0.179 e. The van der Waals surface area contributed by atoms with E-state index < -0.39 is 0 Å². The zero-order valence-electron chi connectivity index (χ0n) is 11.4. The first kappa shape index (κ1) is 11.4. The lowest BCUT2D eigenvalue weighted by Gasteiger charge is -2.09. The predicted molar refractivity (Wildman–Crippen MR) is 86.3 cm³/mol. The van der Waals surface area contributed by atoms with Crippen molar-refractivity contribution >= 4 is 45.9 Å². The summed E-state index contributed by atoms with van der Waals surface area (Å²) in [6, 6.07) is 3.90. The molecular formula is C16H10N6. The molecule has 0 saturated carbocycles. The van der Waals surface area contributed by atoms with Crippen molar-refractivity contribution in [2.75, 3.05) is 10.6 Å². The van der Waals surface area contributed by atoms with Gasteiger partial charge in [0.2, 0.25) is 0 Å². The van der Waals surface area contributed by atoms with Crippen LogP contribution in [0, 0.1) is 0 Å². The van der Waals surface area contributed by atoms with Gasteiger partial charge in [0.05, 0.1) is 22.1 Å². The molecule has 0 amide bonds. The second-order valence-corrected chi connectivity index (χ2v) is 5.09. The molecule has 6 heteroatoms. The van der Waals surface area contributed by atoms with E-state index in [1.807, 2.05) is 48.8 Å². The van der Waals surface area contributed by atoms with Crippen LogP contribution >= 0.6 is 0 Å². The number of rotatable bonds is 0. The highest BCUT2D eigenvalue weighted by molar-refractivity contribution is 5.86. The number of pyridine rings is 2. The quantitative estimate of drug-likeness (QED) is 0.601. The molecule has 0 fully saturated rings. The van der Waals surface area contributed by atoms with Crippen LogP contribution in [0.3, 0.4) is 0 Å². The molecule has 22 heavy (non-hydrogen) atoms. The van der Waals surface area contributed by atoms with Gasteiger partial charge in [0, 0.05) is 12.4 Å². The summed E-state index contributed by atoms with van der Waals surface area (Å²) in [5.41, 5.74) is 4.56. The SMILES string of the molecule is C1=CNc2cc3nc4nc5c(cc4nc3nc2=C1)NC=CC=5. The van der Waals surface area contributed by atoms with Gasteiger partial charge in [-0.05, 0) is 36.4 Å². The molecule has 3 aromatic rings. The lowest BCUT2D eigenvalue weighted by Crippen LogP contribution is -2.17. The van der Waals surface area contributed by atoms with Gasteiger partial charge in [0.15, 0.2) is 11.3 Å². The highest BCUT2D eigenvalue weighted by Crippen LogP contribution is 2.16. The molecule has 3 aromatic heterocycles. The summed E-state index contributed by atoms with van der Waals surface area (Å²) in [5.74, 6) is 0. The van der Waals surface area contributed by atoms with Crippen LogP contribution in [0.4, 0.5) is 11.4 Å². The molecule has 0 spiro atoms. The molecule has 0 radical (unpaired) electrons. The number of allylic oxidation sites excluding steroid dienone is 2. The third-order valence-corrected chi connectivity index (χ3v) is 3.66. The third kappa shape index (κ3) is 1.61. The molecule has 5 heterocycles. The van der Waals surface area contributed by atoms with Gasteiger partial charge < -0.3 is 10.6 Å². The monoisotopic (exact) mass is 286 g/mol. The zero-order chi connectivity index (χ0) is 14.5. The van der Waals surface area contributed by atoms with Gasteiger partial charge in [0.25, 0.3) is 0 Å². The zero-order valence-corrected chi connectivity index (χ0v) is 11.4. The number of hydrogen-bond acceptors (Lipinski definition) is 6. The van der Waals surface area contributed by atoms with Gasteiger partial charge in [-0.1, -0.05) is 0 Å². The second-order valence-electron chi connectivity index (χ2n) is 5.09. The van der Waals surface area contributed by atoms with Crippen LogP contribution in [0.5, 0.6) is 0 Å². The Morgan fingerprint density at radius 2 is 1.14 bits per heavy atom. The van der Waals surface area contributed by atoms with Crippen LogP contribution in [-0.2, 0) is 0 Å². The van der Waals surface area contributed by atoms with Crippen LogP contribution in [0.15, 0.2) is 36.7 Å². The summed E-state index contributed by atoms with van der Waals surface area (Å²) in [4.78, 5) is 18.3. The van der Waals surface area contributed by atoms with E-state index in [2.05, 4.69) is 30.6 Å². The standard InChI is InChI=1S/C16H10N6/c1-3-9-11(17-5-1)7-13-15(19-9)21-14-8-12-10(4-2-6-18-12)20-16(14)22-13/h1-8,17-18H. The molecule has 6 nitrogen and oxygen atoms in total. The van der Waals surface area contributed by atoms with E-state index >= 15 is 0 Å². The number of anilines is 2. The molecule has 0 saturated heterocycles. The van der Waals surface area contributed by atoms with Gasteiger partial charge in [-0.3, -0.25) is 0 Å². The van der Waals surface area contributed by atoms with E-state index in [9.17, 15) is 0 Å². The third-order valence-electron chi connectivity index (χ3n) is 3.66. The molecule has 0 aromatic carbocycles. The number of nitrogens with one attached hydrogen (secondary N) is 2. The van der Waals surface area contributed by atoms with Crippen LogP contribution in [-0.4, -0.2) is 19.9 Å². The van der Waals surface area contributed by atoms with Crippen LogP contribution in [0.1, 0.15) is 0 Å². The fourth-order valence-corrected chi connectivity index (χ4v) is 2.61. The van der Waals surface area contributed by atoms with Gasteiger partial charge in [-0.2, -0.15) is 0 Å². The average molecular weight is 286 g/mol. The Kier molecular flexibility index (Phi) is 2.13. The van der Waals surface area contributed by atoms with Crippen molar-refractivity contribution < 1.29 is 0 Å². The lowest BCUT2D eigenvalue weighted by molar-refractivity contribution is 1.19. The van der Waals surface area contributed by atoms with Crippen molar-refractivity contribution in [2.24, 2.45) is 0 Å². The maximum absolute atomic E-state index is 4.61. The van der Waals surface area contributed by atoms with Crippen LogP contribution < -0.4 is 21.3 Å². The number of hydrogen-bond donors (Lipinski definition) is 2. The first-order valence-corrected chi connectivity index (χ1v) is 6.93. The van der Waals surface area contributed by atoms with Crippen molar-refractivity contribution in [2.45, 2.75) is 0 Å². The van der Waals surface area contributed by atoms with Gasteiger partial charge in [-0.25, -0.2) is 19.9 Å². The fraction of sp³-hybridized carbons (Fsp3) is 0. The number of fused-ring (bicyclic) bond motifs is 4. The molecule has 0 atom stereocenters. The van der Waals surface area contributed by atoms with E-state index in [1.165, 1.54) is 0 Å². The number of nitrogens with zero attached hydrogens (tertiary/aromatic N) is 4. The van der Waals surface area contributed by atoms with E-state index in [0.29, 0.717) is 11.3 Å². The summed E-state index contributed by atoms with van der Waals surface area (Å²) in [6.45, 7) is 0. The largest absolute Gasteiger partial charge is 0.360 e. The van der Waals surface area contributed by atoms with Crippen molar-refractivity contribution in [1.82, 2.24) is 19.9 Å². The average Bonchev–Trinajstić information content (AvgIpc) is 2.56. The van der Waals surface area contributed by atoms with Crippen molar-refractivity contribution in [1.29, 1.82) is 0 Å². The summed E-state index contributed by atoms with van der Waals surface area (Å²) < 4.78 is 0. The van der Waals surface area contributed by atoms with E-state index in [1.54, 1.807) is 0 Å². The molecule has 0 aliphatic carbocycles. The Hall–Kier alpha value is -3.28. The Balaban J connectivity index is 1.87. The van der Waals surface area contributed by atoms with Gasteiger partial charge in [-0.15, -0.1) is 0 Å². The number of aromatic nitrogens is 4. The molecule has 2 N–H and O–H groups in total.